The summed E-state index contributed by atoms with van der Waals surface area (Å²) in [6.07, 6.45) is 7.84. The van der Waals surface area contributed by atoms with Gasteiger partial charge in [0, 0.05) is 60.6 Å². The van der Waals surface area contributed by atoms with Gasteiger partial charge in [-0.2, -0.15) is 5.26 Å². The molecule has 0 bridgehead atoms. The Morgan fingerprint density at radius 2 is 1.80 bits per heavy atom. The molecular weight excluding hydrogens is 525 g/mol. The van der Waals surface area contributed by atoms with Crippen molar-refractivity contribution in [3.05, 3.63) is 112 Å². The van der Waals surface area contributed by atoms with E-state index in [1.807, 2.05) is 42.5 Å². The number of carbonyl (C=O) groups is 1. The number of benzene rings is 2. The van der Waals surface area contributed by atoms with Crippen LogP contribution in [0.15, 0.2) is 84.6 Å². The molecule has 0 N–H and O–H groups in total. The fraction of sp³-hybridized carbons (Fsp3) is 0.219. The van der Waals surface area contributed by atoms with Crippen molar-refractivity contribution in [3.8, 4) is 17.3 Å². The van der Waals surface area contributed by atoms with Crippen LogP contribution >= 0.6 is 11.6 Å². The van der Waals surface area contributed by atoms with E-state index in [1.54, 1.807) is 17.0 Å². The van der Waals surface area contributed by atoms with Crippen LogP contribution in [-0.2, 0) is 6.54 Å². The first-order chi connectivity index (χ1) is 19.5. The number of hydrogen-bond donors (Lipinski definition) is 0. The minimum Gasteiger partial charge on any atom is -0.336 e. The number of allylic oxidation sites excluding steroid dienone is 4. The molecule has 1 amide bonds. The van der Waals surface area contributed by atoms with Crippen LogP contribution < -0.4 is 0 Å². The van der Waals surface area contributed by atoms with Gasteiger partial charge in [-0.1, -0.05) is 42.0 Å². The zero-order valence-corrected chi connectivity index (χ0v) is 22.6. The second-order valence-electron chi connectivity index (χ2n) is 10.1. The minimum absolute atomic E-state index is 0.150. The number of nitrogens with zero attached hydrogens (tertiary/aromatic N) is 5. The van der Waals surface area contributed by atoms with Gasteiger partial charge >= 0.3 is 0 Å². The lowest BCUT2D eigenvalue weighted by Crippen LogP contribution is -2.48. The predicted octanol–water partition coefficient (Wildman–Crippen LogP) is 6.38. The summed E-state index contributed by atoms with van der Waals surface area (Å²) in [5.41, 5.74) is 6.79. The lowest BCUT2D eigenvalue weighted by atomic mass is 9.94. The number of imidazole rings is 1. The smallest absolute Gasteiger partial charge is 0.254 e. The van der Waals surface area contributed by atoms with Crippen molar-refractivity contribution in [3.63, 3.8) is 0 Å². The molecule has 6 nitrogen and oxygen atoms in total. The number of carbonyl (C=O) groups excluding carboxylic acids is 1. The molecule has 0 spiro atoms. The highest BCUT2D eigenvalue weighted by Crippen LogP contribution is 2.31. The van der Waals surface area contributed by atoms with Gasteiger partial charge in [0.1, 0.15) is 11.5 Å². The Balaban J connectivity index is 1.31. The van der Waals surface area contributed by atoms with Gasteiger partial charge in [-0.15, -0.1) is 0 Å². The average Bonchev–Trinajstić information content (AvgIpc) is 3.34. The van der Waals surface area contributed by atoms with Crippen molar-refractivity contribution in [2.45, 2.75) is 19.4 Å². The number of amides is 1. The Hall–Kier alpha value is -4.25. The van der Waals surface area contributed by atoms with Crippen molar-refractivity contribution >= 4 is 28.7 Å². The van der Waals surface area contributed by atoms with Crippen LogP contribution in [0, 0.1) is 17.1 Å². The Kier molecular flexibility index (Phi) is 7.21. The predicted molar refractivity (Wildman–Crippen MR) is 154 cm³/mol. The molecule has 2 aromatic carbocycles. The number of hydrogen-bond acceptors (Lipinski definition) is 4. The number of rotatable bonds is 5. The third-order valence-electron chi connectivity index (χ3n) is 7.56. The molecule has 4 aromatic rings. The van der Waals surface area contributed by atoms with E-state index in [0.717, 1.165) is 52.1 Å². The van der Waals surface area contributed by atoms with Gasteiger partial charge in [-0.05, 0) is 66.4 Å². The van der Waals surface area contributed by atoms with Gasteiger partial charge < -0.3 is 9.30 Å². The van der Waals surface area contributed by atoms with Crippen molar-refractivity contribution in [2.24, 2.45) is 0 Å². The van der Waals surface area contributed by atoms with Crippen LogP contribution in [0.2, 0.25) is 5.02 Å². The molecule has 0 saturated carbocycles. The van der Waals surface area contributed by atoms with Crippen LogP contribution in [0.1, 0.15) is 34.5 Å². The Morgan fingerprint density at radius 1 is 1.02 bits per heavy atom. The van der Waals surface area contributed by atoms with E-state index in [4.69, 9.17) is 16.6 Å². The second-order valence-corrected chi connectivity index (χ2v) is 10.5. The van der Waals surface area contributed by atoms with Crippen molar-refractivity contribution in [2.75, 3.05) is 26.2 Å². The maximum atomic E-state index is 13.7. The van der Waals surface area contributed by atoms with E-state index >= 15 is 0 Å². The molecule has 1 saturated heterocycles. The first kappa shape index (κ1) is 26.0. The largest absolute Gasteiger partial charge is 0.336 e. The molecule has 200 valence electrons. The molecule has 8 heteroatoms. The van der Waals surface area contributed by atoms with Gasteiger partial charge in [0.2, 0.25) is 0 Å². The van der Waals surface area contributed by atoms with Crippen LogP contribution in [-0.4, -0.2) is 51.3 Å². The molecule has 2 aliphatic rings. The van der Waals surface area contributed by atoms with E-state index in [0.29, 0.717) is 43.3 Å². The first-order valence-electron chi connectivity index (χ1n) is 13.3. The quantitative estimate of drug-likeness (QED) is 0.289. The highest BCUT2D eigenvalue weighted by molar-refractivity contribution is 6.30. The lowest BCUT2D eigenvalue weighted by molar-refractivity contribution is 0.0626. The molecule has 6 rings (SSSR count). The van der Waals surface area contributed by atoms with Crippen LogP contribution in [0.4, 0.5) is 4.39 Å². The minimum atomic E-state index is -0.410. The molecular formula is C32H27ClFN5O. The molecule has 1 aliphatic heterocycles. The fourth-order valence-corrected chi connectivity index (χ4v) is 5.54. The normalized spacial score (nSPS) is 16.0. The highest BCUT2D eigenvalue weighted by Gasteiger charge is 2.25. The van der Waals surface area contributed by atoms with Gasteiger partial charge in [-0.3, -0.25) is 9.69 Å². The highest BCUT2D eigenvalue weighted by atomic mass is 35.5. The first-order valence-corrected chi connectivity index (χ1v) is 13.7. The van der Waals surface area contributed by atoms with Crippen LogP contribution in [0.25, 0.3) is 22.5 Å². The molecule has 0 radical (unpaired) electrons. The van der Waals surface area contributed by atoms with Crippen LogP contribution in [0.3, 0.4) is 0 Å². The topological polar surface area (TPSA) is 64.6 Å². The zero-order valence-electron chi connectivity index (χ0n) is 21.9. The summed E-state index contributed by atoms with van der Waals surface area (Å²) in [5, 5.41) is 10.4. The third-order valence-corrected chi connectivity index (χ3v) is 7.81. The number of nitriles is 1. The average molecular weight is 552 g/mol. The summed E-state index contributed by atoms with van der Waals surface area (Å²) in [6, 6.07) is 19.9. The molecule has 1 fully saturated rings. The molecule has 0 unspecified atom stereocenters. The summed E-state index contributed by atoms with van der Waals surface area (Å²) in [4.78, 5) is 22.0. The van der Waals surface area contributed by atoms with Gasteiger partial charge in [0.15, 0.2) is 0 Å². The Morgan fingerprint density at radius 3 is 2.55 bits per heavy atom. The van der Waals surface area contributed by atoms with Gasteiger partial charge in [-0.25, -0.2) is 9.37 Å². The molecule has 0 atom stereocenters. The van der Waals surface area contributed by atoms with E-state index < -0.39 is 5.82 Å². The number of pyridine rings is 1. The molecule has 3 heterocycles. The fourth-order valence-electron chi connectivity index (χ4n) is 5.42. The van der Waals surface area contributed by atoms with Crippen LogP contribution in [0.5, 0.6) is 0 Å². The van der Waals surface area contributed by atoms with Gasteiger partial charge in [0.25, 0.3) is 5.91 Å². The van der Waals surface area contributed by atoms with Crippen molar-refractivity contribution in [1.29, 1.82) is 5.26 Å². The second kappa shape index (κ2) is 11.1. The summed E-state index contributed by atoms with van der Waals surface area (Å²) >= 11 is 6.17. The van der Waals surface area contributed by atoms with Gasteiger partial charge in [0.05, 0.1) is 17.5 Å². The number of aromatic nitrogens is 2. The maximum Gasteiger partial charge on any atom is 0.254 e. The SMILES string of the molecule is N#CC1=C(c2ccc3nc(-c4ccc(Cl)cc4)c(CN4CCN(C(=O)c5cccc(F)c5)CC4)n3c2)C=CCC1. The lowest BCUT2D eigenvalue weighted by Gasteiger charge is -2.34. The van der Waals surface area contributed by atoms with E-state index in [2.05, 4.69) is 27.6 Å². The molecule has 2 aromatic heterocycles. The summed E-state index contributed by atoms with van der Waals surface area (Å²) in [7, 11) is 0. The standard InChI is InChI=1S/C32H27ClFN5O/c33-26-11-8-22(9-12-26)31-29(21-37-14-16-38(17-15-37)32(40)23-5-3-6-27(34)18-23)39-20-25(10-13-30(39)36-31)28-7-2-1-4-24(28)19-35/h2-3,5-13,18,20H,1,4,14-17,21H2. The monoisotopic (exact) mass is 551 g/mol. The summed E-state index contributed by atoms with van der Waals surface area (Å²) < 4.78 is 15.8. The molecule has 1 aliphatic carbocycles. The number of halogens is 2. The van der Waals surface area contributed by atoms with Crippen molar-refractivity contribution in [1.82, 2.24) is 19.2 Å². The third kappa shape index (κ3) is 5.16. The Bertz CT molecular complexity index is 1690. The zero-order chi connectivity index (χ0) is 27.6. The number of fused-ring (bicyclic) bond motifs is 1. The maximum absolute atomic E-state index is 13.7. The summed E-state index contributed by atoms with van der Waals surface area (Å²) in [6.45, 7) is 3.10. The number of piperazine rings is 1. The van der Waals surface area contributed by atoms with E-state index in [1.165, 1.54) is 12.1 Å². The Labute approximate surface area is 237 Å². The van der Waals surface area contributed by atoms with Crippen molar-refractivity contribution < 1.29 is 9.18 Å². The van der Waals surface area contributed by atoms with E-state index in [-0.39, 0.29) is 5.91 Å². The van der Waals surface area contributed by atoms with E-state index in [9.17, 15) is 14.4 Å². The molecule has 40 heavy (non-hydrogen) atoms. The summed E-state index contributed by atoms with van der Waals surface area (Å²) in [5.74, 6) is -0.560.